The van der Waals surface area contributed by atoms with Gasteiger partial charge in [-0.25, -0.2) is 0 Å². The summed E-state index contributed by atoms with van der Waals surface area (Å²) in [5, 5.41) is 7.17. The molecule has 54 heavy (non-hydrogen) atoms. The summed E-state index contributed by atoms with van der Waals surface area (Å²) in [5.74, 6) is 0. The van der Waals surface area contributed by atoms with Crippen LogP contribution in [0.2, 0.25) is 0 Å². The molecule has 0 amide bonds. The molecule has 0 saturated carbocycles. The first-order chi connectivity index (χ1) is 26.6. The number of benzene rings is 8. The van der Waals surface area contributed by atoms with Crippen molar-refractivity contribution >= 4 is 65.6 Å². The highest BCUT2D eigenvalue weighted by atomic mass is 16.3. The van der Waals surface area contributed by atoms with E-state index in [-0.39, 0.29) is 5.41 Å². The molecule has 0 fully saturated rings. The van der Waals surface area contributed by atoms with E-state index >= 15 is 0 Å². The second-order valence-corrected chi connectivity index (χ2v) is 15.2. The Kier molecular flexibility index (Phi) is 5.84. The molecule has 3 nitrogen and oxygen atoms in total. The molecule has 0 saturated heterocycles. The molecule has 3 heterocycles. The van der Waals surface area contributed by atoms with Gasteiger partial charge in [-0.05, 0) is 64.2 Å². The number of hydrogen-bond donors (Lipinski definition) is 0. The highest BCUT2D eigenvalue weighted by Gasteiger charge is 2.38. The van der Waals surface area contributed by atoms with Gasteiger partial charge < -0.3 is 13.6 Å². The summed E-state index contributed by atoms with van der Waals surface area (Å²) in [6.45, 7) is 4.75. The van der Waals surface area contributed by atoms with E-state index in [0.29, 0.717) is 0 Å². The zero-order valence-corrected chi connectivity index (χ0v) is 30.0. The highest BCUT2D eigenvalue weighted by Crippen LogP contribution is 2.56. The third kappa shape index (κ3) is 3.75. The second-order valence-electron chi connectivity index (χ2n) is 15.2. The van der Waals surface area contributed by atoms with E-state index in [2.05, 4.69) is 193 Å². The maximum Gasteiger partial charge on any atom is 0.162 e. The van der Waals surface area contributed by atoms with Crippen LogP contribution in [0.15, 0.2) is 174 Å². The molecule has 3 aromatic heterocycles. The largest absolute Gasteiger partial charge is 0.454 e. The minimum Gasteiger partial charge on any atom is -0.454 e. The van der Waals surface area contributed by atoms with E-state index in [1.54, 1.807) is 0 Å². The molecule has 11 aromatic rings. The molecule has 1 aliphatic carbocycles. The van der Waals surface area contributed by atoms with Crippen LogP contribution in [0.3, 0.4) is 0 Å². The molecular weight excluding hydrogens is 657 g/mol. The summed E-state index contributed by atoms with van der Waals surface area (Å²) in [6.07, 6.45) is 0. The van der Waals surface area contributed by atoms with Crippen LogP contribution in [-0.2, 0) is 5.41 Å². The standard InChI is InChI=1S/C51H34N2O/c1-51(2)39-25-12-9-22-35(39)43-40(51)29-28-38-45-44-36-23-10-13-26-41(36)52(33-19-7-4-8-20-33)49(44)50-46(37-24-11-14-27-42(37)54-50)48(45)53(47(38)43)34-21-15-18-32(30-34)31-16-5-3-6-17-31/h3-30H,1-2H3. The molecule has 3 heteroatoms. The van der Waals surface area contributed by atoms with Gasteiger partial charge in [0.15, 0.2) is 5.58 Å². The molecule has 12 rings (SSSR count). The predicted molar refractivity (Wildman–Crippen MR) is 225 cm³/mol. The van der Waals surface area contributed by atoms with E-state index in [1.165, 1.54) is 66.0 Å². The lowest BCUT2D eigenvalue weighted by atomic mass is 9.82. The molecule has 0 atom stereocenters. The van der Waals surface area contributed by atoms with Gasteiger partial charge in [0.2, 0.25) is 0 Å². The van der Waals surface area contributed by atoms with E-state index < -0.39 is 0 Å². The van der Waals surface area contributed by atoms with Crippen LogP contribution in [0, 0.1) is 0 Å². The molecule has 0 radical (unpaired) electrons. The van der Waals surface area contributed by atoms with Crippen molar-refractivity contribution in [3.63, 3.8) is 0 Å². The Morgan fingerprint density at radius 3 is 1.96 bits per heavy atom. The van der Waals surface area contributed by atoms with Gasteiger partial charge in [-0.2, -0.15) is 0 Å². The normalized spacial score (nSPS) is 13.5. The molecule has 0 unspecified atom stereocenters. The van der Waals surface area contributed by atoms with Crippen LogP contribution in [0.5, 0.6) is 0 Å². The van der Waals surface area contributed by atoms with Crippen LogP contribution in [0.25, 0.3) is 99.2 Å². The summed E-state index contributed by atoms with van der Waals surface area (Å²) in [6, 6.07) is 61.8. The number of aromatic nitrogens is 2. The lowest BCUT2D eigenvalue weighted by Crippen LogP contribution is -2.14. The van der Waals surface area contributed by atoms with E-state index in [0.717, 1.165) is 44.3 Å². The van der Waals surface area contributed by atoms with Crippen molar-refractivity contribution in [3.05, 3.63) is 181 Å². The van der Waals surface area contributed by atoms with Crippen molar-refractivity contribution in [1.29, 1.82) is 0 Å². The number of rotatable bonds is 3. The molecule has 0 bridgehead atoms. The number of hydrogen-bond acceptors (Lipinski definition) is 1. The first kappa shape index (κ1) is 29.7. The summed E-state index contributed by atoms with van der Waals surface area (Å²) in [7, 11) is 0. The van der Waals surface area contributed by atoms with Gasteiger partial charge in [-0.1, -0.05) is 147 Å². The van der Waals surface area contributed by atoms with Crippen LogP contribution >= 0.6 is 0 Å². The summed E-state index contributed by atoms with van der Waals surface area (Å²) in [4.78, 5) is 0. The van der Waals surface area contributed by atoms with Crippen molar-refractivity contribution in [2.24, 2.45) is 0 Å². The fraction of sp³-hybridized carbons (Fsp3) is 0.0588. The Balaban J connectivity index is 1.40. The SMILES string of the molecule is CC1(C)c2ccccc2-c2c1ccc1c3c4c5ccccc5n(-c5ccccc5)c4c4oc5ccccc5c4c3n(-c3cccc(-c4ccccc4)c3)c21. The lowest BCUT2D eigenvalue weighted by molar-refractivity contribution is 0.661. The minimum absolute atomic E-state index is 0.149. The average molecular weight is 691 g/mol. The first-order valence-corrected chi connectivity index (χ1v) is 18.8. The van der Waals surface area contributed by atoms with E-state index in [9.17, 15) is 0 Å². The van der Waals surface area contributed by atoms with Gasteiger partial charge in [-0.3, -0.25) is 0 Å². The highest BCUT2D eigenvalue weighted by molar-refractivity contribution is 6.40. The lowest BCUT2D eigenvalue weighted by Gasteiger charge is -2.21. The first-order valence-electron chi connectivity index (χ1n) is 18.8. The maximum absolute atomic E-state index is 7.09. The van der Waals surface area contributed by atoms with Gasteiger partial charge in [0.1, 0.15) is 5.58 Å². The Labute approximate surface area is 311 Å². The Morgan fingerprint density at radius 2 is 1.11 bits per heavy atom. The van der Waals surface area contributed by atoms with Crippen LogP contribution in [0.4, 0.5) is 0 Å². The number of furan rings is 1. The van der Waals surface area contributed by atoms with E-state index in [4.69, 9.17) is 4.42 Å². The monoisotopic (exact) mass is 690 g/mol. The molecule has 1 aliphatic rings. The predicted octanol–water partition coefficient (Wildman–Crippen LogP) is 13.8. The fourth-order valence-electron chi connectivity index (χ4n) is 9.76. The summed E-state index contributed by atoms with van der Waals surface area (Å²) < 4.78 is 12.1. The maximum atomic E-state index is 7.09. The van der Waals surface area contributed by atoms with E-state index in [1.807, 2.05) is 0 Å². The summed E-state index contributed by atoms with van der Waals surface area (Å²) >= 11 is 0. The topological polar surface area (TPSA) is 23.0 Å². The third-order valence-electron chi connectivity index (χ3n) is 12.1. The molecule has 0 aliphatic heterocycles. The van der Waals surface area contributed by atoms with Crippen LogP contribution in [-0.4, -0.2) is 9.13 Å². The van der Waals surface area contributed by atoms with Gasteiger partial charge in [-0.15, -0.1) is 0 Å². The van der Waals surface area contributed by atoms with Gasteiger partial charge >= 0.3 is 0 Å². The Hall–Kier alpha value is -6.84. The van der Waals surface area contributed by atoms with Crippen molar-refractivity contribution in [3.8, 4) is 33.6 Å². The quantitative estimate of drug-likeness (QED) is 0.181. The molecule has 0 N–H and O–H groups in total. The van der Waals surface area contributed by atoms with Crippen molar-refractivity contribution in [2.45, 2.75) is 19.3 Å². The van der Waals surface area contributed by atoms with Crippen LogP contribution < -0.4 is 0 Å². The van der Waals surface area contributed by atoms with Crippen molar-refractivity contribution in [2.75, 3.05) is 0 Å². The molecule has 0 spiro atoms. The van der Waals surface area contributed by atoms with Gasteiger partial charge in [0, 0.05) is 49.3 Å². The molecule has 254 valence electrons. The zero-order valence-electron chi connectivity index (χ0n) is 30.0. The van der Waals surface area contributed by atoms with Gasteiger partial charge in [0.05, 0.1) is 27.5 Å². The minimum atomic E-state index is -0.149. The number of fused-ring (bicyclic) bond motifs is 16. The smallest absolute Gasteiger partial charge is 0.162 e. The number of nitrogens with zero attached hydrogens (tertiary/aromatic N) is 2. The Morgan fingerprint density at radius 1 is 0.444 bits per heavy atom. The molecule has 8 aromatic carbocycles. The number of para-hydroxylation sites is 3. The second kappa shape index (κ2) is 10.6. The summed E-state index contributed by atoms with van der Waals surface area (Å²) in [5.41, 5.74) is 16.3. The molecular formula is C51H34N2O. The van der Waals surface area contributed by atoms with Crippen LogP contribution in [0.1, 0.15) is 25.0 Å². The zero-order chi connectivity index (χ0) is 35.7. The third-order valence-corrected chi connectivity index (χ3v) is 12.1. The van der Waals surface area contributed by atoms with Crippen molar-refractivity contribution < 1.29 is 4.42 Å². The average Bonchev–Trinajstić information content (AvgIpc) is 3.94. The van der Waals surface area contributed by atoms with Crippen molar-refractivity contribution in [1.82, 2.24) is 9.13 Å². The Bertz CT molecular complexity index is 3340. The fourth-order valence-corrected chi connectivity index (χ4v) is 9.76. The van der Waals surface area contributed by atoms with Gasteiger partial charge in [0.25, 0.3) is 0 Å².